The zero-order valence-corrected chi connectivity index (χ0v) is 13.2. The van der Waals surface area contributed by atoms with E-state index in [4.69, 9.17) is 9.15 Å². The van der Waals surface area contributed by atoms with Gasteiger partial charge in [-0.25, -0.2) is 4.79 Å². The van der Waals surface area contributed by atoms with Gasteiger partial charge in [0.1, 0.15) is 5.58 Å². The molecule has 0 spiro atoms. The molecule has 0 saturated heterocycles. The lowest BCUT2D eigenvalue weighted by Gasteiger charge is -2.15. The highest BCUT2D eigenvalue weighted by Gasteiger charge is 2.18. The topological polar surface area (TPSA) is 106 Å². The highest BCUT2D eigenvalue weighted by Crippen LogP contribution is 2.12. The van der Waals surface area contributed by atoms with Crippen LogP contribution in [0.15, 0.2) is 39.5 Å². The van der Waals surface area contributed by atoms with Crippen LogP contribution in [0.2, 0.25) is 0 Å². The largest absolute Gasteiger partial charge is 0.450 e. The van der Waals surface area contributed by atoms with Crippen LogP contribution < -0.4 is 10.7 Å². The van der Waals surface area contributed by atoms with Gasteiger partial charge in [-0.05, 0) is 12.1 Å². The van der Waals surface area contributed by atoms with Gasteiger partial charge in [-0.2, -0.15) is 0 Å². The first-order valence-electron chi connectivity index (χ1n) is 7.07. The van der Waals surface area contributed by atoms with Crippen molar-refractivity contribution in [3.8, 4) is 0 Å². The van der Waals surface area contributed by atoms with Crippen molar-refractivity contribution < 1.29 is 23.5 Å². The van der Waals surface area contributed by atoms with E-state index in [0.717, 1.165) is 11.0 Å². The molecule has 8 nitrogen and oxygen atoms in total. The summed E-state index contributed by atoms with van der Waals surface area (Å²) in [6.07, 6.45) is 0. The highest BCUT2D eigenvalue weighted by molar-refractivity contribution is 5.91. The number of nitrogens with zero attached hydrogens (tertiary/aromatic N) is 1. The molecule has 24 heavy (non-hydrogen) atoms. The molecule has 1 aromatic heterocycles. The number of para-hydroxylation sites is 1. The normalized spacial score (nSPS) is 10.2. The van der Waals surface area contributed by atoms with Crippen LogP contribution >= 0.6 is 0 Å². The van der Waals surface area contributed by atoms with Crippen LogP contribution in [0.5, 0.6) is 0 Å². The number of hydrogen-bond acceptors (Lipinski definition) is 6. The van der Waals surface area contributed by atoms with Gasteiger partial charge in [0.2, 0.25) is 11.7 Å². The summed E-state index contributed by atoms with van der Waals surface area (Å²) in [7, 11) is 2.85. The Hall–Kier alpha value is -3.16. The number of carbonyl (C=O) groups is 3. The molecule has 2 amide bonds. The Morgan fingerprint density at radius 3 is 2.67 bits per heavy atom. The minimum atomic E-state index is -0.931. The maximum Gasteiger partial charge on any atom is 0.374 e. The molecule has 1 N–H and O–H groups in total. The first kappa shape index (κ1) is 17.2. The Bertz CT molecular complexity index is 842. The fourth-order valence-electron chi connectivity index (χ4n) is 1.90. The summed E-state index contributed by atoms with van der Waals surface area (Å²) in [5.74, 6) is -2.13. The van der Waals surface area contributed by atoms with Crippen LogP contribution in [-0.4, -0.2) is 49.9 Å². The lowest BCUT2D eigenvalue weighted by atomic mass is 10.2. The molecule has 0 fully saturated rings. The molecule has 2 rings (SSSR count). The lowest BCUT2D eigenvalue weighted by Crippen LogP contribution is -2.39. The van der Waals surface area contributed by atoms with Gasteiger partial charge in [0, 0.05) is 20.2 Å². The number of ether oxygens (including phenoxy) is 1. The molecule has 0 atom stereocenters. The highest BCUT2D eigenvalue weighted by atomic mass is 16.5. The summed E-state index contributed by atoms with van der Waals surface area (Å²) < 4.78 is 10.2. The third-order valence-corrected chi connectivity index (χ3v) is 3.25. The smallest absolute Gasteiger partial charge is 0.374 e. The van der Waals surface area contributed by atoms with Crippen LogP contribution in [0.1, 0.15) is 10.6 Å². The molecule has 0 unspecified atom stereocenters. The molecule has 0 radical (unpaired) electrons. The van der Waals surface area contributed by atoms with E-state index in [1.54, 1.807) is 24.3 Å². The maximum absolute atomic E-state index is 11.9. The summed E-state index contributed by atoms with van der Waals surface area (Å²) in [6.45, 7) is -0.721. The number of esters is 1. The molecule has 0 aliphatic rings. The van der Waals surface area contributed by atoms with E-state index in [1.165, 1.54) is 14.1 Å². The fourth-order valence-corrected chi connectivity index (χ4v) is 1.90. The molecule has 126 valence electrons. The summed E-state index contributed by atoms with van der Waals surface area (Å²) in [6, 6.07) is 7.49. The molecular weight excluding hydrogens is 316 g/mol. The van der Waals surface area contributed by atoms with Crippen LogP contribution in [-0.2, 0) is 14.3 Å². The van der Waals surface area contributed by atoms with Gasteiger partial charge < -0.3 is 19.4 Å². The zero-order chi connectivity index (χ0) is 17.7. The Morgan fingerprint density at radius 1 is 1.25 bits per heavy atom. The number of hydrogen-bond donors (Lipinski definition) is 1. The first-order valence-corrected chi connectivity index (χ1v) is 7.07. The third kappa shape index (κ3) is 3.97. The van der Waals surface area contributed by atoms with E-state index in [2.05, 4.69) is 5.32 Å². The second-order valence-electron chi connectivity index (χ2n) is 4.97. The van der Waals surface area contributed by atoms with Gasteiger partial charge in [0.05, 0.1) is 11.9 Å². The van der Waals surface area contributed by atoms with Gasteiger partial charge in [-0.15, -0.1) is 0 Å². The minimum Gasteiger partial charge on any atom is -0.450 e. The number of nitrogens with one attached hydrogen (secondary N) is 1. The monoisotopic (exact) mass is 332 g/mol. The average Bonchev–Trinajstić information content (AvgIpc) is 2.58. The second kappa shape index (κ2) is 7.40. The van der Waals surface area contributed by atoms with Crippen LogP contribution in [0.3, 0.4) is 0 Å². The number of fused-ring (bicyclic) bond motifs is 1. The Morgan fingerprint density at radius 2 is 1.96 bits per heavy atom. The Kier molecular flexibility index (Phi) is 5.31. The van der Waals surface area contributed by atoms with E-state index in [1.807, 2.05) is 0 Å². The first-order chi connectivity index (χ1) is 11.4. The molecular formula is C16H16N2O6. The van der Waals surface area contributed by atoms with Crippen molar-refractivity contribution >= 4 is 28.8 Å². The second-order valence-corrected chi connectivity index (χ2v) is 4.97. The van der Waals surface area contributed by atoms with E-state index in [0.29, 0.717) is 5.39 Å². The van der Waals surface area contributed by atoms with E-state index in [9.17, 15) is 19.2 Å². The van der Waals surface area contributed by atoms with E-state index in [-0.39, 0.29) is 29.2 Å². The standard InChI is InChI=1S/C16H16N2O6/c1-17-14(20)8-18(2)15(21)9-23-16(22)13-7-11(19)10-5-3-4-6-12(10)24-13/h3-7H,8-9H2,1-2H3,(H,17,20). The Balaban J connectivity index is 2.04. The number of carbonyl (C=O) groups excluding carboxylic acids is 3. The van der Waals surface area contributed by atoms with Crippen molar-refractivity contribution in [2.24, 2.45) is 0 Å². The summed E-state index contributed by atoms with van der Waals surface area (Å²) >= 11 is 0. The fraction of sp³-hybridized carbons (Fsp3) is 0.250. The van der Waals surface area contributed by atoms with E-state index >= 15 is 0 Å². The van der Waals surface area contributed by atoms with Gasteiger partial charge in [0.15, 0.2) is 12.0 Å². The quantitative estimate of drug-likeness (QED) is 0.782. The number of amides is 2. The van der Waals surface area contributed by atoms with Gasteiger partial charge >= 0.3 is 5.97 Å². The van der Waals surface area contributed by atoms with Crippen molar-refractivity contribution in [2.45, 2.75) is 0 Å². The van der Waals surface area contributed by atoms with Crippen molar-refractivity contribution in [1.82, 2.24) is 10.2 Å². The van der Waals surface area contributed by atoms with Crippen LogP contribution in [0.4, 0.5) is 0 Å². The third-order valence-electron chi connectivity index (χ3n) is 3.25. The Labute approximate surface area is 137 Å². The number of benzene rings is 1. The molecule has 0 aliphatic carbocycles. The molecule has 2 aromatic rings. The summed E-state index contributed by atoms with van der Waals surface area (Å²) in [5, 5.41) is 2.72. The maximum atomic E-state index is 11.9. The average molecular weight is 332 g/mol. The molecule has 8 heteroatoms. The van der Waals surface area contributed by atoms with Gasteiger partial charge in [-0.1, -0.05) is 12.1 Å². The van der Waals surface area contributed by atoms with E-state index < -0.39 is 18.5 Å². The number of likely N-dealkylation sites (N-methyl/N-ethyl adjacent to an activating group) is 2. The van der Waals surface area contributed by atoms with Crippen LogP contribution in [0, 0.1) is 0 Å². The number of rotatable bonds is 5. The molecule has 1 heterocycles. The zero-order valence-electron chi connectivity index (χ0n) is 13.2. The SMILES string of the molecule is CNC(=O)CN(C)C(=O)COC(=O)c1cc(=O)c2ccccc2o1. The molecule has 0 aliphatic heterocycles. The van der Waals surface area contributed by atoms with Crippen molar-refractivity contribution in [1.29, 1.82) is 0 Å². The summed E-state index contributed by atoms with van der Waals surface area (Å²) in [4.78, 5) is 47.9. The van der Waals surface area contributed by atoms with Crippen molar-refractivity contribution in [3.63, 3.8) is 0 Å². The lowest BCUT2D eigenvalue weighted by molar-refractivity contribution is -0.137. The predicted molar refractivity (Wildman–Crippen MR) is 84.5 cm³/mol. The molecule has 1 aromatic carbocycles. The predicted octanol–water partition coefficient (Wildman–Crippen LogP) is 0.154. The molecule has 0 bridgehead atoms. The van der Waals surface area contributed by atoms with Crippen molar-refractivity contribution in [3.05, 3.63) is 46.3 Å². The van der Waals surface area contributed by atoms with Crippen molar-refractivity contribution in [2.75, 3.05) is 27.2 Å². The van der Waals surface area contributed by atoms with Crippen LogP contribution in [0.25, 0.3) is 11.0 Å². The van der Waals surface area contributed by atoms with Gasteiger partial charge in [0.25, 0.3) is 5.91 Å². The molecule has 0 saturated carbocycles. The minimum absolute atomic E-state index is 0.155. The summed E-state index contributed by atoms with van der Waals surface area (Å²) in [5.41, 5.74) is -0.133. The van der Waals surface area contributed by atoms with Gasteiger partial charge in [-0.3, -0.25) is 14.4 Å².